The van der Waals surface area contributed by atoms with Gasteiger partial charge in [-0.2, -0.15) is 18.2 Å². The molecule has 164 valence electrons. The van der Waals surface area contributed by atoms with Crippen LogP contribution < -0.4 is 4.74 Å². The summed E-state index contributed by atoms with van der Waals surface area (Å²) in [5.74, 6) is 1.14. The molecule has 0 amide bonds. The van der Waals surface area contributed by atoms with E-state index in [-0.39, 0.29) is 17.8 Å². The van der Waals surface area contributed by atoms with Crippen LogP contribution >= 0.6 is 0 Å². The molecular formula is C22H17F3N4O3. The van der Waals surface area contributed by atoms with E-state index in [0.717, 1.165) is 29.1 Å². The summed E-state index contributed by atoms with van der Waals surface area (Å²) in [6.45, 7) is 0.860. The van der Waals surface area contributed by atoms with Crippen LogP contribution in [-0.4, -0.2) is 26.8 Å². The highest BCUT2D eigenvalue weighted by Crippen LogP contribution is 2.33. The van der Waals surface area contributed by atoms with Crippen LogP contribution in [0.25, 0.3) is 23.0 Å². The van der Waals surface area contributed by atoms with E-state index in [1.54, 1.807) is 13.4 Å². The Balaban J connectivity index is 1.36. The highest BCUT2D eigenvalue weighted by Gasteiger charge is 2.30. The number of methoxy groups -OCH3 is 1. The van der Waals surface area contributed by atoms with Gasteiger partial charge in [0, 0.05) is 5.56 Å². The van der Waals surface area contributed by atoms with Crippen LogP contribution in [0.5, 0.6) is 5.75 Å². The number of benzene rings is 2. The molecule has 7 nitrogen and oxygen atoms in total. The van der Waals surface area contributed by atoms with Gasteiger partial charge < -0.3 is 18.6 Å². The molecule has 0 radical (unpaired) electrons. The Kier molecular flexibility index (Phi) is 4.93. The van der Waals surface area contributed by atoms with Gasteiger partial charge in [0.05, 0.1) is 37.8 Å². The number of hydrogen-bond acceptors (Lipinski definition) is 6. The second-order valence-corrected chi connectivity index (χ2v) is 7.26. The molecule has 0 unspecified atom stereocenters. The number of rotatable bonds is 4. The van der Waals surface area contributed by atoms with E-state index in [9.17, 15) is 13.2 Å². The molecule has 32 heavy (non-hydrogen) atoms. The molecule has 0 saturated heterocycles. The molecule has 0 bridgehead atoms. The van der Waals surface area contributed by atoms with E-state index in [0.29, 0.717) is 24.4 Å². The van der Waals surface area contributed by atoms with Crippen LogP contribution in [0.15, 0.2) is 59.4 Å². The number of hydrogen-bond donors (Lipinski definition) is 0. The van der Waals surface area contributed by atoms with Crippen LogP contribution in [0.3, 0.4) is 0 Å². The Morgan fingerprint density at radius 1 is 1.06 bits per heavy atom. The molecule has 0 spiro atoms. The van der Waals surface area contributed by atoms with Gasteiger partial charge in [-0.3, -0.25) is 0 Å². The number of ether oxygens (including phenoxy) is 2. The van der Waals surface area contributed by atoms with Crippen LogP contribution in [0.1, 0.15) is 22.9 Å². The largest absolute Gasteiger partial charge is 0.497 e. The fourth-order valence-electron chi connectivity index (χ4n) is 3.57. The molecule has 0 N–H and O–H groups in total. The average molecular weight is 442 g/mol. The van der Waals surface area contributed by atoms with Crippen molar-refractivity contribution in [3.63, 3.8) is 0 Å². The zero-order valence-electron chi connectivity index (χ0n) is 16.8. The first-order valence-corrected chi connectivity index (χ1v) is 9.73. The lowest BCUT2D eigenvalue weighted by Gasteiger charge is -2.25. The Morgan fingerprint density at radius 2 is 1.81 bits per heavy atom. The third-order valence-electron chi connectivity index (χ3n) is 5.32. The molecule has 1 aliphatic heterocycles. The second kappa shape index (κ2) is 7.79. The predicted octanol–water partition coefficient (Wildman–Crippen LogP) is 4.90. The molecule has 0 saturated carbocycles. The molecule has 0 fully saturated rings. The average Bonchev–Trinajstić information content (AvgIpc) is 3.45. The van der Waals surface area contributed by atoms with Gasteiger partial charge in [-0.05, 0) is 29.8 Å². The summed E-state index contributed by atoms with van der Waals surface area (Å²) >= 11 is 0. The Morgan fingerprint density at radius 3 is 2.50 bits per heavy atom. The monoisotopic (exact) mass is 442 g/mol. The fraction of sp³-hybridized carbons (Fsp3) is 0.227. The van der Waals surface area contributed by atoms with E-state index in [2.05, 4.69) is 15.1 Å². The highest BCUT2D eigenvalue weighted by atomic mass is 19.4. The number of alkyl halides is 3. The lowest BCUT2D eigenvalue weighted by molar-refractivity contribution is -0.137. The summed E-state index contributed by atoms with van der Waals surface area (Å²) in [4.78, 5) is 8.71. The topological polar surface area (TPSA) is 75.2 Å². The molecule has 0 aliphatic carbocycles. The predicted molar refractivity (Wildman–Crippen MR) is 106 cm³/mol. The summed E-state index contributed by atoms with van der Waals surface area (Å²) in [6.07, 6.45) is -2.85. The van der Waals surface area contributed by atoms with Gasteiger partial charge in [0.25, 0.3) is 5.89 Å². The quantitative estimate of drug-likeness (QED) is 0.448. The molecule has 2 aromatic carbocycles. The first-order valence-electron chi connectivity index (χ1n) is 9.73. The van der Waals surface area contributed by atoms with Crippen molar-refractivity contribution >= 4 is 0 Å². The summed E-state index contributed by atoms with van der Waals surface area (Å²) in [5.41, 5.74) is 1.98. The normalized spacial score (nSPS) is 16.1. The summed E-state index contributed by atoms with van der Waals surface area (Å²) in [5, 5.41) is 3.89. The van der Waals surface area contributed by atoms with E-state index < -0.39 is 11.7 Å². The van der Waals surface area contributed by atoms with Gasteiger partial charge in [-0.25, -0.2) is 4.98 Å². The molecule has 3 heterocycles. The van der Waals surface area contributed by atoms with Crippen molar-refractivity contribution in [2.45, 2.75) is 25.4 Å². The first-order chi connectivity index (χ1) is 15.4. The number of nitrogens with zero attached hydrogens (tertiary/aromatic N) is 4. The van der Waals surface area contributed by atoms with Gasteiger partial charge >= 0.3 is 6.18 Å². The number of halogens is 3. The molecular weight excluding hydrogens is 425 g/mol. The maximum atomic E-state index is 12.8. The molecule has 2 aromatic heterocycles. The van der Waals surface area contributed by atoms with Gasteiger partial charge in [-0.15, -0.1) is 0 Å². The Bertz CT molecular complexity index is 1230. The van der Waals surface area contributed by atoms with Crippen molar-refractivity contribution in [2.24, 2.45) is 0 Å². The Hall–Kier alpha value is -3.66. The van der Waals surface area contributed by atoms with Crippen molar-refractivity contribution in [3.8, 4) is 28.7 Å². The molecule has 10 heteroatoms. The van der Waals surface area contributed by atoms with Crippen molar-refractivity contribution in [3.05, 3.63) is 71.7 Å². The van der Waals surface area contributed by atoms with Crippen molar-refractivity contribution in [1.82, 2.24) is 19.7 Å². The number of aromatic nitrogens is 4. The lowest BCUT2D eigenvalue weighted by atomic mass is 10.1. The van der Waals surface area contributed by atoms with Crippen LogP contribution in [-0.2, 0) is 24.1 Å². The van der Waals surface area contributed by atoms with Gasteiger partial charge in [0.2, 0.25) is 5.82 Å². The maximum Gasteiger partial charge on any atom is 0.416 e. The van der Waals surface area contributed by atoms with E-state index >= 15 is 0 Å². The maximum absolute atomic E-state index is 12.8. The zero-order chi connectivity index (χ0) is 22.3. The van der Waals surface area contributed by atoms with Crippen molar-refractivity contribution in [2.75, 3.05) is 7.11 Å². The van der Waals surface area contributed by atoms with E-state index in [1.165, 1.54) is 12.1 Å². The van der Waals surface area contributed by atoms with Crippen LogP contribution in [0.4, 0.5) is 13.2 Å². The van der Waals surface area contributed by atoms with Crippen LogP contribution in [0, 0.1) is 0 Å². The SMILES string of the molecule is COc1ccc([C@@H]2Cn3cnc(-c4nc(-c5ccc(C(F)(F)F)cc5)no4)c3CO2)cc1. The lowest BCUT2D eigenvalue weighted by Crippen LogP contribution is -2.20. The summed E-state index contributed by atoms with van der Waals surface area (Å²) in [7, 11) is 1.62. The van der Waals surface area contributed by atoms with Gasteiger partial charge in [0.1, 0.15) is 11.9 Å². The Labute approximate surface area is 180 Å². The van der Waals surface area contributed by atoms with Gasteiger partial charge in [-0.1, -0.05) is 29.4 Å². The van der Waals surface area contributed by atoms with Crippen molar-refractivity contribution in [1.29, 1.82) is 0 Å². The second-order valence-electron chi connectivity index (χ2n) is 7.26. The zero-order valence-corrected chi connectivity index (χ0v) is 16.8. The molecule has 5 rings (SSSR count). The summed E-state index contributed by atoms with van der Waals surface area (Å²) in [6, 6.07) is 12.3. The van der Waals surface area contributed by atoms with Crippen molar-refractivity contribution < 1.29 is 27.2 Å². The molecule has 1 atom stereocenters. The minimum absolute atomic E-state index is 0.138. The van der Waals surface area contributed by atoms with E-state index in [4.69, 9.17) is 14.0 Å². The third kappa shape index (κ3) is 3.73. The fourth-order valence-corrected chi connectivity index (χ4v) is 3.57. The highest BCUT2D eigenvalue weighted by molar-refractivity contribution is 5.59. The molecule has 1 aliphatic rings. The third-order valence-corrected chi connectivity index (χ3v) is 5.32. The molecule has 4 aromatic rings. The summed E-state index contributed by atoms with van der Waals surface area (Å²) < 4.78 is 56.8. The number of imidazole rings is 1. The standard InChI is InChI=1S/C22H17F3N4O3/c1-30-16-8-4-13(5-9-16)18-10-29-12-26-19(17(29)11-31-18)21-27-20(28-32-21)14-2-6-15(7-3-14)22(23,24)25/h2-9,12,18H,10-11H2,1H3/t18-/m0/s1. The van der Waals surface area contributed by atoms with E-state index in [1.807, 2.05) is 28.8 Å². The number of fused-ring (bicyclic) bond motifs is 1. The van der Waals surface area contributed by atoms with Crippen LogP contribution in [0.2, 0.25) is 0 Å². The van der Waals surface area contributed by atoms with Gasteiger partial charge in [0.15, 0.2) is 5.69 Å². The minimum Gasteiger partial charge on any atom is -0.497 e. The minimum atomic E-state index is -4.40. The first kappa shape index (κ1) is 20.3. The smallest absolute Gasteiger partial charge is 0.416 e.